The van der Waals surface area contributed by atoms with Gasteiger partial charge in [0.15, 0.2) is 11.5 Å². The molecule has 1 saturated carbocycles. The van der Waals surface area contributed by atoms with Crippen molar-refractivity contribution in [2.45, 2.75) is 65.0 Å². The molecule has 2 rings (SSSR count). The summed E-state index contributed by atoms with van der Waals surface area (Å²) in [5.41, 5.74) is -0.00876. The van der Waals surface area contributed by atoms with Crippen LogP contribution in [0.1, 0.15) is 63.0 Å². The van der Waals surface area contributed by atoms with Crippen LogP contribution >= 0.6 is 0 Å². The second kappa shape index (κ2) is 7.28. The van der Waals surface area contributed by atoms with Gasteiger partial charge in [-0.1, -0.05) is 6.42 Å². The molecule has 0 aliphatic heterocycles. The smallest absolute Gasteiger partial charge is 0.273 e. The Bertz CT molecular complexity index is 621. The molecule has 0 aromatic carbocycles. The first kappa shape index (κ1) is 18.4. The zero-order chi connectivity index (χ0) is 17.9. The van der Waals surface area contributed by atoms with E-state index in [1.807, 2.05) is 27.7 Å². The van der Waals surface area contributed by atoms with E-state index >= 15 is 0 Å². The summed E-state index contributed by atoms with van der Waals surface area (Å²) in [5, 5.41) is 5.64. The number of amides is 2. The lowest BCUT2D eigenvalue weighted by Gasteiger charge is -2.26. The lowest BCUT2D eigenvalue weighted by Crippen LogP contribution is -2.41. The largest absolute Gasteiger partial charge is 0.353 e. The van der Waals surface area contributed by atoms with Crippen molar-refractivity contribution < 1.29 is 14.0 Å². The Hall–Kier alpha value is -1.98. The zero-order valence-corrected chi connectivity index (χ0v) is 14.8. The highest BCUT2D eigenvalue weighted by atomic mass is 19.1. The lowest BCUT2D eigenvalue weighted by molar-refractivity contribution is -0.128. The van der Waals surface area contributed by atoms with E-state index in [1.54, 1.807) is 0 Å². The molecule has 1 atom stereocenters. The highest BCUT2D eigenvalue weighted by Crippen LogP contribution is 2.26. The lowest BCUT2D eigenvalue weighted by atomic mass is 9.84. The Labute approximate surface area is 142 Å². The van der Waals surface area contributed by atoms with Crippen molar-refractivity contribution in [2.75, 3.05) is 0 Å². The molecule has 2 amide bonds. The molecule has 0 bridgehead atoms. The SMILES string of the molecule is CC(Cc1cnc(C(=O)NC(C)(C)C)c(F)c1)NC(=O)C1CCC1. The van der Waals surface area contributed by atoms with E-state index in [2.05, 4.69) is 15.6 Å². The fourth-order valence-corrected chi connectivity index (χ4v) is 2.59. The summed E-state index contributed by atoms with van der Waals surface area (Å²) in [5.74, 6) is -0.973. The van der Waals surface area contributed by atoms with Gasteiger partial charge in [-0.15, -0.1) is 0 Å². The van der Waals surface area contributed by atoms with Crippen LogP contribution in [-0.2, 0) is 11.2 Å². The Morgan fingerprint density at radius 3 is 2.54 bits per heavy atom. The zero-order valence-electron chi connectivity index (χ0n) is 14.8. The molecule has 0 spiro atoms. The molecule has 1 aliphatic rings. The third-order valence-corrected chi connectivity index (χ3v) is 4.01. The fraction of sp³-hybridized carbons (Fsp3) is 0.611. The maximum Gasteiger partial charge on any atom is 0.273 e. The first-order chi connectivity index (χ1) is 11.2. The van der Waals surface area contributed by atoms with Crippen molar-refractivity contribution in [1.29, 1.82) is 0 Å². The highest BCUT2D eigenvalue weighted by molar-refractivity contribution is 5.93. The van der Waals surface area contributed by atoms with Gasteiger partial charge in [0, 0.05) is 23.7 Å². The van der Waals surface area contributed by atoms with Gasteiger partial charge >= 0.3 is 0 Å². The predicted octanol–water partition coefficient (Wildman–Crippen LogP) is 2.60. The fourth-order valence-electron chi connectivity index (χ4n) is 2.59. The van der Waals surface area contributed by atoms with Crippen molar-refractivity contribution >= 4 is 11.8 Å². The topological polar surface area (TPSA) is 71.1 Å². The van der Waals surface area contributed by atoms with Gasteiger partial charge in [-0.05, 0) is 58.6 Å². The number of pyridine rings is 1. The molecular formula is C18H26FN3O2. The van der Waals surface area contributed by atoms with Crippen LogP contribution in [0.2, 0.25) is 0 Å². The van der Waals surface area contributed by atoms with Gasteiger partial charge in [-0.3, -0.25) is 9.59 Å². The van der Waals surface area contributed by atoms with E-state index < -0.39 is 17.3 Å². The first-order valence-electron chi connectivity index (χ1n) is 8.43. The van der Waals surface area contributed by atoms with E-state index in [-0.39, 0.29) is 23.6 Å². The normalized spacial score (nSPS) is 16.2. The molecule has 2 N–H and O–H groups in total. The van der Waals surface area contributed by atoms with Crippen molar-refractivity contribution in [3.05, 3.63) is 29.3 Å². The van der Waals surface area contributed by atoms with Crippen LogP contribution in [0.3, 0.4) is 0 Å². The van der Waals surface area contributed by atoms with Gasteiger partial charge in [-0.25, -0.2) is 9.37 Å². The first-order valence-corrected chi connectivity index (χ1v) is 8.43. The van der Waals surface area contributed by atoms with Crippen molar-refractivity contribution in [2.24, 2.45) is 5.92 Å². The van der Waals surface area contributed by atoms with E-state index in [0.717, 1.165) is 19.3 Å². The summed E-state index contributed by atoms with van der Waals surface area (Å²) in [7, 11) is 0. The van der Waals surface area contributed by atoms with Crippen LogP contribution < -0.4 is 10.6 Å². The third-order valence-electron chi connectivity index (χ3n) is 4.01. The number of hydrogen-bond acceptors (Lipinski definition) is 3. The van der Waals surface area contributed by atoms with Gasteiger partial charge in [-0.2, -0.15) is 0 Å². The number of aromatic nitrogens is 1. The number of carbonyl (C=O) groups is 2. The molecule has 0 radical (unpaired) electrons. The Morgan fingerprint density at radius 2 is 2.04 bits per heavy atom. The van der Waals surface area contributed by atoms with Crippen LogP contribution in [0.15, 0.2) is 12.3 Å². The summed E-state index contributed by atoms with van der Waals surface area (Å²) in [6, 6.07) is 1.21. The molecule has 132 valence electrons. The Balaban J connectivity index is 1.96. The van der Waals surface area contributed by atoms with Gasteiger partial charge in [0.2, 0.25) is 5.91 Å². The molecule has 1 fully saturated rings. The quantitative estimate of drug-likeness (QED) is 0.869. The van der Waals surface area contributed by atoms with E-state index in [9.17, 15) is 14.0 Å². The number of nitrogens with one attached hydrogen (secondary N) is 2. The third kappa shape index (κ3) is 5.01. The summed E-state index contributed by atoms with van der Waals surface area (Å²) in [6.45, 7) is 7.35. The number of halogens is 1. The van der Waals surface area contributed by atoms with Crippen LogP contribution in [0.5, 0.6) is 0 Å². The van der Waals surface area contributed by atoms with Crippen LogP contribution in [0, 0.1) is 11.7 Å². The molecule has 1 aromatic heterocycles. The molecule has 1 aromatic rings. The van der Waals surface area contributed by atoms with Crippen molar-refractivity contribution in [3.63, 3.8) is 0 Å². The second-order valence-electron chi connectivity index (χ2n) is 7.62. The number of nitrogens with zero attached hydrogens (tertiary/aromatic N) is 1. The van der Waals surface area contributed by atoms with E-state index in [1.165, 1.54) is 12.3 Å². The molecule has 1 heterocycles. The second-order valence-corrected chi connectivity index (χ2v) is 7.62. The predicted molar refractivity (Wildman–Crippen MR) is 90.1 cm³/mol. The number of hydrogen-bond donors (Lipinski definition) is 2. The average molecular weight is 335 g/mol. The Kier molecular flexibility index (Phi) is 5.57. The van der Waals surface area contributed by atoms with E-state index in [4.69, 9.17) is 0 Å². The number of rotatable bonds is 5. The highest BCUT2D eigenvalue weighted by Gasteiger charge is 2.26. The van der Waals surface area contributed by atoms with Crippen molar-refractivity contribution in [1.82, 2.24) is 15.6 Å². The van der Waals surface area contributed by atoms with Gasteiger partial charge in [0.1, 0.15) is 0 Å². The minimum absolute atomic E-state index is 0.0726. The number of carbonyl (C=O) groups excluding carboxylic acids is 2. The van der Waals surface area contributed by atoms with Gasteiger partial charge in [0.25, 0.3) is 5.91 Å². The van der Waals surface area contributed by atoms with Gasteiger partial charge < -0.3 is 10.6 Å². The van der Waals surface area contributed by atoms with Gasteiger partial charge in [0.05, 0.1) is 0 Å². The summed E-state index contributed by atoms with van der Waals surface area (Å²) < 4.78 is 14.2. The van der Waals surface area contributed by atoms with Crippen LogP contribution in [0.25, 0.3) is 0 Å². The van der Waals surface area contributed by atoms with Crippen LogP contribution in [0.4, 0.5) is 4.39 Å². The Morgan fingerprint density at radius 1 is 1.38 bits per heavy atom. The summed E-state index contributed by atoms with van der Waals surface area (Å²) >= 11 is 0. The standard InChI is InChI=1S/C18H26FN3O2/c1-11(21-16(23)13-6-5-7-13)8-12-9-14(19)15(20-10-12)17(24)22-18(2,3)4/h9-11,13H,5-8H2,1-4H3,(H,21,23)(H,22,24). The average Bonchev–Trinajstić information content (AvgIpc) is 2.33. The molecule has 6 heteroatoms. The molecule has 0 saturated heterocycles. The molecule has 1 unspecified atom stereocenters. The van der Waals surface area contributed by atoms with Crippen LogP contribution in [-0.4, -0.2) is 28.4 Å². The molecule has 1 aliphatic carbocycles. The minimum Gasteiger partial charge on any atom is -0.353 e. The molecule has 24 heavy (non-hydrogen) atoms. The monoisotopic (exact) mass is 335 g/mol. The molecule has 5 nitrogen and oxygen atoms in total. The summed E-state index contributed by atoms with van der Waals surface area (Å²) in [4.78, 5) is 27.9. The summed E-state index contributed by atoms with van der Waals surface area (Å²) in [6.07, 6.45) is 4.98. The maximum absolute atomic E-state index is 14.2. The maximum atomic E-state index is 14.2. The van der Waals surface area contributed by atoms with E-state index in [0.29, 0.717) is 12.0 Å². The minimum atomic E-state index is -0.647. The van der Waals surface area contributed by atoms with Crippen molar-refractivity contribution in [3.8, 4) is 0 Å². The molecular weight excluding hydrogens is 309 g/mol.